The molecule has 198 valence electrons. The van der Waals surface area contributed by atoms with Gasteiger partial charge in [-0.1, -0.05) is 76.1 Å². The number of halogens is 1. The van der Waals surface area contributed by atoms with Crippen molar-refractivity contribution in [1.29, 1.82) is 0 Å². The molecule has 1 aromatic rings. The highest BCUT2D eigenvalue weighted by atomic mass is 19.1. The van der Waals surface area contributed by atoms with Crippen molar-refractivity contribution in [2.45, 2.75) is 135 Å². The molecule has 0 aliphatic heterocycles. The van der Waals surface area contributed by atoms with Crippen LogP contribution in [0.3, 0.4) is 0 Å². The Kier molecular flexibility index (Phi) is 11.5. The second kappa shape index (κ2) is 14.8. The van der Waals surface area contributed by atoms with E-state index in [2.05, 4.69) is 31.2 Å². The molecule has 3 aliphatic rings. The molecule has 0 aromatic heterocycles. The Labute approximate surface area is 217 Å². The van der Waals surface area contributed by atoms with E-state index in [1.54, 1.807) is 5.56 Å². The van der Waals surface area contributed by atoms with Crippen molar-refractivity contribution < 1.29 is 4.39 Å². The lowest BCUT2D eigenvalue weighted by atomic mass is 9.64. The van der Waals surface area contributed by atoms with Gasteiger partial charge in [-0.2, -0.15) is 0 Å². The smallest absolute Gasteiger partial charge is 0.0894 e. The average Bonchev–Trinajstić information content (AvgIpc) is 2.92. The summed E-state index contributed by atoms with van der Waals surface area (Å²) in [5.74, 6) is 6.01. The summed E-state index contributed by atoms with van der Waals surface area (Å²) in [5, 5.41) is 0. The number of hydrogen-bond acceptors (Lipinski definition) is 0. The molecule has 1 heteroatoms. The number of aryl methyl sites for hydroxylation is 2. The Hall–Kier alpha value is -0.850. The number of unbranched alkanes of at least 4 members (excludes halogenated alkanes) is 2. The summed E-state index contributed by atoms with van der Waals surface area (Å²) in [7, 11) is 0. The molecule has 0 N–H and O–H groups in total. The Balaban J connectivity index is 1.09. The van der Waals surface area contributed by atoms with E-state index in [0.717, 1.165) is 48.3 Å². The first-order valence-corrected chi connectivity index (χ1v) is 15.9. The molecule has 0 spiro atoms. The normalized spacial score (nSPS) is 31.9. The minimum absolute atomic E-state index is 0.117. The Morgan fingerprint density at radius 1 is 0.543 bits per heavy atom. The van der Waals surface area contributed by atoms with Crippen LogP contribution in [0.25, 0.3) is 0 Å². The van der Waals surface area contributed by atoms with E-state index >= 15 is 0 Å². The van der Waals surface area contributed by atoms with Crippen molar-refractivity contribution >= 4 is 0 Å². The maximum atomic E-state index is 12.4. The molecular formula is C34H55F. The SMILES string of the molecule is CCCCc1ccc(CC[C@H]2CC[C@H]([C@H]3CC[C@H]([C@H]4CC[C@H](CCCCF)CC4)CC3)CC2)cc1. The van der Waals surface area contributed by atoms with Crippen LogP contribution in [0.15, 0.2) is 24.3 Å². The molecule has 0 heterocycles. The van der Waals surface area contributed by atoms with Crippen LogP contribution in [-0.4, -0.2) is 6.67 Å². The third-order valence-corrected chi connectivity index (χ3v) is 10.6. The van der Waals surface area contributed by atoms with Gasteiger partial charge in [-0.15, -0.1) is 0 Å². The van der Waals surface area contributed by atoms with Gasteiger partial charge in [-0.3, -0.25) is 4.39 Å². The zero-order chi connectivity index (χ0) is 24.3. The third-order valence-electron chi connectivity index (χ3n) is 10.6. The van der Waals surface area contributed by atoms with Crippen molar-refractivity contribution in [1.82, 2.24) is 0 Å². The third kappa shape index (κ3) is 8.60. The first-order chi connectivity index (χ1) is 17.2. The minimum atomic E-state index is -0.117. The lowest BCUT2D eigenvalue weighted by Gasteiger charge is -2.41. The molecule has 4 rings (SSSR count). The zero-order valence-electron chi connectivity index (χ0n) is 23.0. The molecular weight excluding hydrogens is 427 g/mol. The highest BCUT2D eigenvalue weighted by molar-refractivity contribution is 5.22. The van der Waals surface area contributed by atoms with Gasteiger partial charge in [-0.25, -0.2) is 0 Å². The molecule has 35 heavy (non-hydrogen) atoms. The summed E-state index contributed by atoms with van der Waals surface area (Å²) < 4.78 is 12.4. The summed E-state index contributed by atoms with van der Waals surface area (Å²) in [4.78, 5) is 0. The van der Waals surface area contributed by atoms with Crippen LogP contribution in [0, 0.1) is 35.5 Å². The molecule has 3 aliphatic carbocycles. The molecule has 1 aromatic carbocycles. The van der Waals surface area contributed by atoms with E-state index in [1.807, 2.05) is 0 Å². The van der Waals surface area contributed by atoms with E-state index in [4.69, 9.17) is 0 Å². The largest absolute Gasteiger partial charge is 0.251 e. The van der Waals surface area contributed by atoms with Gasteiger partial charge < -0.3 is 0 Å². The summed E-state index contributed by atoms with van der Waals surface area (Å²) >= 11 is 0. The number of hydrogen-bond donors (Lipinski definition) is 0. The van der Waals surface area contributed by atoms with Gasteiger partial charge in [0.25, 0.3) is 0 Å². The van der Waals surface area contributed by atoms with Crippen molar-refractivity contribution in [3.63, 3.8) is 0 Å². The maximum Gasteiger partial charge on any atom is 0.0894 e. The summed E-state index contributed by atoms with van der Waals surface area (Å²) in [6.45, 7) is 2.16. The fraction of sp³-hybridized carbons (Fsp3) is 0.824. The predicted molar refractivity (Wildman–Crippen MR) is 150 cm³/mol. The molecule has 0 unspecified atom stereocenters. The molecule has 0 bridgehead atoms. The Bertz CT molecular complexity index is 669. The lowest BCUT2D eigenvalue weighted by molar-refractivity contribution is 0.102. The summed E-state index contributed by atoms with van der Waals surface area (Å²) in [6, 6.07) is 9.54. The average molecular weight is 483 g/mol. The summed E-state index contributed by atoms with van der Waals surface area (Å²) in [6.07, 6.45) is 27.7. The monoisotopic (exact) mass is 482 g/mol. The Morgan fingerprint density at radius 3 is 1.43 bits per heavy atom. The minimum Gasteiger partial charge on any atom is -0.251 e. The van der Waals surface area contributed by atoms with Gasteiger partial charge in [0.2, 0.25) is 0 Å². The highest BCUT2D eigenvalue weighted by Crippen LogP contribution is 2.46. The second-order valence-corrected chi connectivity index (χ2v) is 12.9. The first kappa shape index (κ1) is 27.2. The van der Waals surface area contributed by atoms with Gasteiger partial charge >= 0.3 is 0 Å². The predicted octanol–water partition coefficient (Wildman–Crippen LogP) is 10.5. The van der Waals surface area contributed by atoms with Gasteiger partial charge in [0.1, 0.15) is 0 Å². The van der Waals surface area contributed by atoms with E-state index in [1.165, 1.54) is 121 Å². The van der Waals surface area contributed by atoms with E-state index < -0.39 is 0 Å². The molecule has 0 atom stereocenters. The standard InChI is InChI=1S/C34H55F/c1-2-3-6-27-8-10-29(11-9-27)12-13-30-16-20-32(21-17-30)34-24-22-33(23-25-34)31-18-14-28(15-19-31)7-4-5-26-35/h8-11,28,30-34H,2-7,12-26H2,1H3/t28-,30-,31-,32-,33-,34-. The molecule has 0 amide bonds. The van der Waals surface area contributed by atoms with E-state index in [0.29, 0.717) is 0 Å². The maximum absolute atomic E-state index is 12.4. The number of alkyl halides is 1. The van der Waals surface area contributed by atoms with Crippen LogP contribution in [0.2, 0.25) is 0 Å². The van der Waals surface area contributed by atoms with Gasteiger partial charge in [-0.05, 0) is 130 Å². The second-order valence-electron chi connectivity index (χ2n) is 12.9. The Morgan fingerprint density at radius 2 is 0.971 bits per heavy atom. The van der Waals surface area contributed by atoms with Crippen LogP contribution < -0.4 is 0 Å². The first-order valence-electron chi connectivity index (χ1n) is 15.9. The number of rotatable bonds is 12. The van der Waals surface area contributed by atoms with Crippen LogP contribution in [0.1, 0.15) is 134 Å². The van der Waals surface area contributed by atoms with Crippen molar-refractivity contribution in [3.05, 3.63) is 35.4 Å². The van der Waals surface area contributed by atoms with Crippen molar-refractivity contribution in [2.75, 3.05) is 6.67 Å². The van der Waals surface area contributed by atoms with Crippen LogP contribution in [0.4, 0.5) is 4.39 Å². The topological polar surface area (TPSA) is 0 Å². The number of benzene rings is 1. The molecule has 0 radical (unpaired) electrons. The van der Waals surface area contributed by atoms with Crippen molar-refractivity contribution in [3.8, 4) is 0 Å². The zero-order valence-corrected chi connectivity index (χ0v) is 23.0. The quantitative estimate of drug-likeness (QED) is 0.260. The lowest BCUT2D eigenvalue weighted by Crippen LogP contribution is -2.29. The van der Waals surface area contributed by atoms with E-state index in [-0.39, 0.29) is 6.67 Å². The molecule has 0 saturated heterocycles. The van der Waals surface area contributed by atoms with Gasteiger partial charge in [0.15, 0.2) is 0 Å². The van der Waals surface area contributed by atoms with E-state index in [9.17, 15) is 4.39 Å². The fourth-order valence-electron chi connectivity index (χ4n) is 8.14. The molecule has 3 fully saturated rings. The summed E-state index contributed by atoms with van der Waals surface area (Å²) in [5.41, 5.74) is 3.07. The van der Waals surface area contributed by atoms with Crippen molar-refractivity contribution in [2.24, 2.45) is 35.5 Å². The van der Waals surface area contributed by atoms with Gasteiger partial charge in [0, 0.05) is 0 Å². The highest BCUT2D eigenvalue weighted by Gasteiger charge is 2.34. The van der Waals surface area contributed by atoms with Gasteiger partial charge in [0.05, 0.1) is 6.67 Å². The fourth-order valence-corrected chi connectivity index (χ4v) is 8.14. The molecule has 3 saturated carbocycles. The van der Waals surface area contributed by atoms with Crippen LogP contribution >= 0.6 is 0 Å². The van der Waals surface area contributed by atoms with Crippen LogP contribution in [-0.2, 0) is 12.8 Å². The van der Waals surface area contributed by atoms with Crippen LogP contribution in [0.5, 0.6) is 0 Å². The molecule has 0 nitrogen and oxygen atoms in total.